The van der Waals surface area contributed by atoms with Crippen molar-refractivity contribution in [1.29, 1.82) is 0 Å². The number of hydrogen-bond donors (Lipinski definition) is 1. The van der Waals surface area contributed by atoms with Gasteiger partial charge in [-0.25, -0.2) is 4.98 Å². The number of aromatic nitrogens is 2. The minimum Gasteiger partial charge on any atom is -0.504 e. The van der Waals surface area contributed by atoms with Crippen molar-refractivity contribution >= 4 is 33.8 Å². The molecule has 1 aromatic heterocycles. The van der Waals surface area contributed by atoms with Crippen LogP contribution in [0.4, 0.5) is 0 Å². The number of para-hydroxylation sites is 1. The van der Waals surface area contributed by atoms with E-state index >= 15 is 0 Å². The molecule has 0 saturated carbocycles. The maximum Gasteiger partial charge on any atom is 0.266 e. The summed E-state index contributed by atoms with van der Waals surface area (Å²) in [5, 5.41) is 12.7. The molecule has 6 rings (SSSR count). The Hall–Kier alpha value is -5.80. The summed E-state index contributed by atoms with van der Waals surface area (Å²) in [6.45, 7) is 1.96. The molecule has 210 valence electrons. The van der Waals surface area contributed by atoms with Gasteiger partial charge in [-0.1, -0.05) is 48.2 Å². The third-order valence-electron chi connectivity index (χ3n) is 7.27. The first-order chi connectivity index (χ1) is 20.9. The summed E-state index contributed by atoms with van der Waals surface area (Å²) in [6.07, 6.45) is 3.63. The highest BCUT2D eigenvalue weighted by Crippen LogP contribution is 2.27. The smallest absolute Gasteiger partial charge is 0.266 e. The van der Waals surface area contributed by atoms with Gasteiger partial charge in [0.2, 0.25) is 0 Å². The van der Waals surface area contributed by atoms with Crippen LogP contribution in [-0.2, 0) is 0 Å². The summed E-state index contributed by atoms with van der Waals surface area (Å²) in [6, 6.07) is 30.2. The zero-order valence-corrected chi connectivity index (χ0v) is 24.0. The fourth-order valence-electron chi connectivity index (χ4n) is 5.02. The van der Waals surface area contributed by atoms with Gasteiger partial charge in [-0.3, -0.25) is 9.36 Å². The molecule has 0 aliphatic rings. The Morgan fingerprint density at radius 1 is 0.791 bits per heavy atom. The molecule has 0 spiro atoms. The molecule has 6 aromatic rings. The van der Waals surface area contributed by atoms with Crippen LogP contribution in [0.3, 0.4) is 0 Å². The van der Waals surface area contributed by atoms with Gasteiger partial charge >= 0.3 is 0 Å². The predicted octanol–water partition coefficient (Wildman–Crippen LogP) is 7.14. The van der Waals surface area contributed by atoms with E-state index in [2.05, 4.69) is 17.9 Å². The number of phenols is 1. The molecule has 0 unspecified atom stereocenters. The zero-order valence-electron chi connectivity index (χ0n) is 24.0. The van der Waals surface area contributed by atoms with Crippen LogP contribution in [0.25, 0.3) is 39.5 Å². The minimum atomic E-state index is -0.164. The molecule has 0 saturated heterocycles. The van der Waals surface area contributed by atoms with Crippen molar-refractivity contribution in [2.24, 2.45) is 0 Å². The Bertz CT molecular complexity index is 2170. The van der Waals surface area contributed by atoms with Gasteiger partial charge in [-0.05, 0) is 102 Å². The van der Waals surface area contributed by atoms with Crippen molar-refractivity contribution < 1.29 is 14.6 Å². The molecule has 0 fully saturated rings. The van der Waals surface area contributed by atoms with E-state index in [1.54, 1.807) is 42.0 Å². The SMILES string of the molecule is COc1ccc2cc(C#Cc3ccc(-n4c(C=Cc5ccc(O)c(OC)c5)nc5ccccc5c4=O)c(C)c3)ccc2c1. The van der Waals surface area contributed by atoms with Crippen LogP contribution in [0.15, 0.2) is 102 Å². The average Bonchev–Trinajstić information content (AvgIpc) is 3.03. The van der Waals surface area contributed by atoms with Crippen LogP contribution >= 0.6 is 0 Å². The lowest BCUT2D eigenvalue weighted by atomic mass is 10.1. The van der Waals surface area contributed by atoms with Crippen molar-refractivity contribution in [1.82, 2.24) is 9.55 Å². The quantitative estimate of drug-likeness (QED) is 0.225. The number of aromatic hydroxyl groups is 1. The number of ether oxygens (including phenoxy) is 2. The predicted molar refractivity (Wildman–Crippen MR) is 172 cm³/mol. The monoisotopic (exact) mass is 564 g/mol. The number of nitrogens with zero attached hydrogens (tertiary/aromatic N) is 2. The first-order valence-corrected chi connectivity index (χ1v) is 13.7. The first kappa shape index (κ1) is 27.4. The highest BCUT2D eigenvalue weighted by molar-refractivity contribution is 5.85. The van der Waals surface area contributed by atoms with Gasteiger partial charge in [0.1, 0.15) is 11.6 Å². The second-order valence-corrected chi connectivity index (χ2v) is 10.1. The Morgan fingerprint density at radius 3 is 2.33 bits per heavy atom. The summed E-state index contributed by atoms with van der Waals surface area (Å²) in [4.78, 5) is 18.6. The third kappa shape index (κ3) is 5.57. The van der Waals surface area contributed by atoms with Crippen molar-refractivity contribution in [3.05, 3.63) is 135 Å². The molecule has 6 heteroatoms. The molecule has 0 bridgehead atoms. The summed E-state index contributed by atoms with van der Waals surface area (Å²) in [5.41, 5.74) is 4.59. The van der Waals surface area contributed by atoms with E-state index < -0.39 is 0 Å². The maximum atomic E-state index is 13.8. The number of hydrogen-bond acceptors (Lipinski definition) is 5. The van der Waals surface area contributed by atoms with Crippen LogP contribution in [0.1, 0.15) is 28.1 Å². The van der Waals surface area contributed by atoms with Gasteiger partial charge in [0.25, 0.3) is 5.56 Å². The van der Waals surface area contributed by atoms with E-state index in [9.17, 15) is 9.90 Å². The number of phenolic OH excluding ortho intramolecular Hbond substituents is 1. The van der Waals surface area contributed by atoms with Crippen LogP contribution in [-0.4, -0.2) is 28.9 Å². The van der Waals surface area contributed by atoms with E-state index in [1.165, 1.54) is 7.11 Å². The zero-order chi connectivity index (χ0) is 29.9. The van der Waals surface area contributed by atoms with E-state index in [0.717, 1.165) is 44.5 Å². The van der Waals surface area contributed by atoms with Gasteiger partial charge in [0, 0.05) is 11.1 Å². The van der Waals surface area contributed by atoms with Crippen molar-refractivity contribution in [3.63, 3.8) is 0 Å². The van der Waals surface area contributed by atoms with Crippen LogP contribution in [0, 0.1) is 18.8 Å². The normalized spacial score (nSPS) is 11.0. The lowest BCUT2D eigenvalue weighted by Gasteiger charge is -2.14. The molecular formula is C37H28N2O4. The molecule has 5 aromatic carbocycles. The van der Waals surface area contributed by atoms with E-state index in [1.807, 2.05) is 79.7 Å². The van der Waals surface area contributed by atoms with E-state index in [-0.39, 0.29) is 11.3 Å². The lowest BCUT2D eigenvalue weighted by Crippen LogP contribution is -2.23. The van der Waals surface area contributed by atoms with Gasteiger partial charge in [0.15, 0.2) is 11.5 Å². The second-order valence-electron chi connectivity index (χ2n) is 10.1. The number of rotatable bonds is 5. The molecule has 0 radical (unpaired) electrons. The summed E-state index contributed by atoms with van der Waals surface area (Å²) < 4.78 is 12.2. The Labute approximate surface area is 249 Å². The minimum absolute atomic E-state index is 0.0560. The van der Waals surface area contributed by atoms with Gasteiger partial charge < -0.3 is 14.6 Å². The summed E-state index contributed by atoms with van der Waals surface area (Å²) >= 11 is 0. The van der Waals surface area contributed by atoms with E-state index in [4.69, 9.17) is 14.5 Å². The molecule has 0 aliphatic heterocycles. The number of aryl methyl sites for hydroxylation is 1. The Kier molecular flexibility index (Phi) is 7.38. The highest BCUT2D eigenvalue weighted by atomic mass is 16.5. The third-order valence-corrected chi connectivity index (χ3v) is 7.27. The fraction of sp³-hybridized carbons (Fsp3) is 0.0811. The summed E-state index contributed by atoms with van der Waals surface area (Å²) in [7, 11) is 3.16. The standard InChI is InChI=1S/C37H28N2O4/c1-24-20-25(8-9-26-10-14-29-23-30(42-2)16-15-28(29)21-26)11-17-33(24)39-36(38-32-7-5-4-6-31(32)37(39)41)19-13-27-12-18-34(40)35(22-27)43-3/h4-7,10-23,40H,1-3H3. The molecular weight excluding hydrogens is 536 g/mol. The molecule has 43 heavy (non-hydrogen) atoms. The number of benzene rings is 5. The van der Waals surface area contributed by atoms with Crippen LogP contribution < -0.4 is 15.0 Å². The largest absolute Gasteiger partial charge is 0.504 e. The Balaban J connectivity index is 1.38. The first-order valence-electron chi connectivity index (χ1n) is 13.7. The lowest BCUT2D eigenvalue weighted by molar-refractivity contribution is 0.373. The van der Waals surface area contributed by atoms with Crippen LogP contribution in [0.5, 0.6) is 17.2 Å². The van der Waals surface area contributed by atoms with Gasteiger partial charge in [-0.2, -0.15) is 0 Å². The summed E-state index contributed by atoms with van der Waals surface area (Å²) in [5.74, 6) is 8.25. The maximum absolute atomic E-state index is 13.8. The second kappa shape index (κ2) is 11.6. The molecule has 0 aliphatic carbocycles. The molecule has 0 amide bonds. The van der Waals surface area contributed by atoms with Crippen molar-refractivity contribution in [2.45, 2.75) is 6.92 Å². The molecule has 1 heterocycles. The van der Waals surface area contributed by atoms with Crippen molar-refractivity contribution in [2.75, 3.05) is 14.2 Å². The van der Waals surface area contributed by atoms with Crippen molar-refractivity contribution in [3.8, 4) is 34.8 Å². The topological polar surface area (TPSA) is 73.6 Å². The Morgan fingerprint density at radius 2 is 1.53 bits per heavy atom. The highest BCUT2D eigenvalue weighted by Gasteiger charge is 2.13. The molecule has 0 atom stereocenters. The molecule has 1 N–H and O–H groups in total. The fourth-order valence-corrected chi connectivity index (χ4v) is 5.02. The average molecular weight is 565 g/mol. The van der Waals surface area contributed by atoms with Crippen LogP contribution in [0.2, 0.25) is 0 Å². The number of methoxy groups -OCH3 is 2. The van der Waals surface area contributed by atoms with E-state index in [0.29, 0.717) is 22.5 Å². The number of fused-ring (bicyclic) bond motifs is 2. The van der Waals surface area contributed by atoms with Gasteiger partial charge in [0.05, 0.1) is 30.8 Å². The van der Waals surface area contributed by atoms with Gasteiger partial charge in [-0.15, -0.1) is 0 Å². The molecule has 6 nitrogen and oxygen atoms in total.